The maximum absolute atomic E-state index is 12.1. The number of benzene rings is 1. The van der Waals surface area contributed by atoms with Crippen molar-refractivity contribution >= 4 is 34.6 Å². The number of esters is 1. The van der Waals surface area contributed by atoms with Crippen molar-refractivity contribution in [1.29, 1.82) is 0 Å². The molecule has 0 saturated heterocycles. The number of fused-ring (bicyclic) bond motifs is 1. The SMILES string of the molecule is CC(OC(=O)Cn1c(=O)oc2cc([N+](=O)[O-])ccc21)C(=O)Nc1ncccn1. The van der Waals surface area contributed by atoms with E-state index < -0.39 is 35.2 Å². The number of carbonyl (C=O) groups is 2. The van der Waals surface area contributed by atoms with Gasteiger partial charge in [-0.3, -0.25) is 29.6 Å². The molecule has 1 N–H and O–H groups in total. The molecule has 1 aromatic carbocycles. The fraction of sp³-hybridized carbons (Fsp3) is 0.188. The number of nitrogens with zero attached hydrogens (tertiary/aromatic N) is 4. The Morgan fingerprint density at radius 3 is 2.75 bits per heavy atom. The van der Waals surface area contributed by atoms with Gasteiger partial charge in [0.25, 0.3) is 11.6 Å². The lowest BCUT2D eigenvalue weighted by Gasteiger charge is -2.12. The van der Waals surface area contributed by atoms with E-state index in [-0.39, 0.29) is 22.7 Å². The molecule has 1 atom stereocenters. The molecular weight excluding hydrogens is 374 g/mol. The van der Waals surface area contributed by atoms with Crippen LogP contribution in [0.1, 0.15) is 6.92 Å². The van der Waals surface area contributed by atoms with Gasteiger partial charge in [-0.15, -0.1) is 0 Å². The third-order valence-electron chi connectivity index (χ3n) is 3.63. The van der Waals surface area contributed by atoms with Crippen molar-refractivity contribution in [3.05, 3.63) is 57.3 Å². The van der Waals surface area contributed by atoms with Gasteiger partial charge >= 0.3 is 11.7 Å². The standard InChI is InChI=1S/C16H13N5O7/c1-9(14(23)19-15-17-5-2-6-18-15)27-13(22)8-20-11-4-3-10(21(25)26)7-12(11)28-16(20)24/h2-7,9H,8H2,1H3,(H,17,18,19,23). The van der Waals surface area contributed by atoms with Gasteiger partial charge in [0.1, 0.15) is 6.54 Å². The molecular formula is C16H13N5O7. The van der Waals surface area contributed by atoms with Crippen LogP contribution in [0.5, 0.6) is 0 Å². The number of anilines is 1. The number of amides is 1. The Balaban J connectivity index is 1.69. The van der Waals surface area contributed by atoms with E-state index in [1.54, 1.807) is 6.07 Å². The number of aromatic nitrogens is 3. The predicted octanol–water partition coefficient (Wildman–Crippen LogP) is 0.863. The number of nitro groups is 1. The van der Waals surface area contributed by atoms with Crippen molar-refractivity contribution in [3.63, 3.8) is 0 Å². The van der Waals surface area contributed by atoms with E-state index in [2.05, 4.69) is 15.3 Å². The summed E-state index contributed by atoms with van der Waals surface area (Å²) in [6.45, 7) is 0.804. The summed E-state index contributed by atoms with van der Waals surface area (Å²) in [4.78, 5) is 53.8. The van der Waals surface area contributed by atoms with E-state index in [1.165, 1.54) is 31.5 Å². The first kappa shape index (κ1) is 18.7. The molecule has 28 heavy (non-hydrogen) atoms. The van der Waals surface area contributed by atoms with Crippen molar-refractivity contribution in [2.24, 2.45) is 0 Å². The van der Waals surface area contributed by atoms with Crippen LogP contribution in [0.4, 0.5) is 11.6 Å². The minimum atomic E-state index is -1.17. The monoisotopic (exact) mass is 387 g/mol. The zero-order chi connectivity index (χ0) is 20.3. The summed E-state index contributed by atoms with van der Waals surface area (Å²) in [5.74, 6) is -2.37. The summed E-state index contributed by atoms with van der Waals surface area (Å²) in [6, 6.07) is 5.11. The molecule has 2 aromatic heterocycles. The topological polar surface area (TPSA) is 159 Å². The highest BCUT2D eigenvalue weighted by Gasteiger charge is 2.21. The smallest absolute Gasteiger partial charge is 0.420 e. The Labute approximate surface area is 155 Å². The van der Waals surface area contributed by atoms with Crippen LogP contribution >= 0.6 is 0 Å². The number of hydrogen-bond acceptors (Lipinski definition) is 9. The molecule has 0 fully saturated rings. The summed E-state index contributed by atoms with van der Waals surface area (Å²) in [7, 11) is 0. The molecule has 0 aliphatic carbocycles. The van der Waals surface area contributed by atoms with Crippen LogP contribution in [0.15, 0.2) is 45.9 Å². The Bertz CT molecular complexity index is 1110. The first-order valence-electron chi connectivity index (χ1n) is 7.90. The number of non-ortho nitro benzene ring substituents is 1. The molecule has 0 bridgehead atoms. The summed E-state index contributed by atoms with van der Waals surface area (Å²) in [5.41, 5.74) is -0.120. The molecule has 1 unspecified atom stereocenters. The van der Waals surface area contributed by atoms with Crippen LogP contribution in [0.3, 0.4) is 0 Å². The van der Waals surface area contributed by atoms with Crippen molar-refractivity contribution < 1.29 is 23.7 Å². The largest absolute Gasteiger partial charge is 0.451 e. The lowest BCUT2D eigenvalue weighted by atomic mass is 10.3. The number of hydrogen-bond donors (Lipinski definition) is 1. The van der Waals surface area contributed by atoms with Gasteiger partial charge in [-0.2, -0.15) is 0 Å². The van der Waals surface area contributed by atoms with E-state index in [1.807, 2.05) is 0 Å². The lowest BCUT2D eigenvalue weighted by molar-refractivity contribution is -0.384. The van der Waals surface area contributed by atoms with Gasteiger partial charge in [0, 0.05) is 18.5 Å². The quantitative estimate of drug-likeness (QED) is 0.367. The first-order chi connectivity index (χ1) is 13.3. The Morgan fingerprint density at radius 2 is 2.07 bits per heavy atom. The number of nitrogens with one attached hydrogen (secondary N) is 1. The summed E-state index contributed by atoms with van der Waals surface area (Å²) < 4.78 is 10.9. The Kier molecular flexibility index (Phi) is 5.11. The molecule has 0 saturated carbocycles. The van der Waals surface area contributed by atoms with Crippen molar-refractivity contribution in [2.45, 2.75) is 19.6 Å². The normalized spacial score (nSPS) is 11.8. The van der Waals surface area contributed by atoms with Crippen LogP contribution in [-0.4, -0.2) is 37.4 Å². The van der Waals surface area contributed by atoms with E-state index in [0.29, 0.717) is 0 Å². The number of oxazole rings is 1. The zero-order valence-electron chi connectivity index (χ0n) is 14.4. The highest BCUT2D eigenvalue weighted by atomic mass is 16.6. The molecule has 3 rings (SSSR count). The molecule has 0 aliphatic heterocycles. The number of carbonyl (C=O) groups excluding carboxylic acids is 2. The van der Waals surface area contributed by atoms with Crippen molar-refractivity contribution in [1.82, 2.24) is 14.5 Å². The second-order valence-electron chi connectivity index (χ2n) is 5.56. The van der Waals surface area contributed by atoms with Gasteiger partial charge in [-0.1, -0.05) is 0 Å². The molecule has 0 radical (unpaired) electrons. The van der Waals surface area contributed by atoms with E-state index in [4.69, 9.17) is 9.15 Å². The summed E-state index contributed by atoms with van der Waals surface area (Å²) >= 11 is 0. The van der Waals surface area contributed by atoms with E-state index in [0.717, 1.165) is 10.6 Å². The van der Waals surface area contributed by atoms with Gasteiger partial charge in [0.15, 0.2) is 11.7 Å². The van der Waals surface area contributed by atoms with E-state index in [9.17, 15) is 24.5 Å². The molecule has 12 nitrogen and oxygen atoms in total. The zero-order valence-corrected chi connectivity index (χ0v) is 14.4. The maximum atomic E-state index is 12.1. The minimum Gasteiger partial charge on any atom is -0.451 e. The Morgan fingerprint density at radius 1 is 1.36 bits per heavy atom. The summed E-state index contributed by atoms with van der Waals surface area (Å²) in [5, 5.41) is 13.2. The van der Waals surface area contributed by atoms with Gasteiger partial charge in [-0.05, 0) is 19.1 Å². The van der Waals surface area contributed by atoms with Gasteiger partial charge in [0.2, 0.25) is 5.95 Å². The highest BCUT2D eigenvalue weighted by Crippen LogP contribution is 2.20. The minimum absolute atomic E-state index is 0.0426. The average molecular weight is 387 g/mol. The number of ether oxygens (including phenoxy) is 1. The predicted molar refractivity (Wildman–Crippen MR) is 93.3 cm³/mol. The highest BCUT2D eigenvalue weighted by molar-refractivity contribution is 5.93. The third-order valence-corrected chi connectivity index (χ3v) is 3.63. The molecule has 0 spiro atoms. The van der Waals surface area contributed by atoms with Crippen molar-refractivity contribution in [3.8, 4) is 0 Å². The second-order valence-corrected chi connectivity index (χ2v) is 5.56. The molecule has 3 aromatic rings. The molecule has 12 heteroatoms. The van der Waals surface area contributed by atoms with Gasteiger partial charge in [-0.25, -0.2) is 14.8 Å². The van der Waals surface area contributed by atoms with Gasteiger partial charge < -0.3 is 9.15 Å². The molecule has 0 aliphatic rings. The lowest BCUT2D eigenvalue weighted by Crippen LogP contribution is -2.32. The fourth-order valence-corrected chi connectivity index (χ4v) is 2.31. The van der Waals surface area contributed by atoms with Gasteiger partial charge in [0.05, 0.1) is 16.5 Å². The summed E-state index contributed by atoms with van der Waals surface area (Å²) in [6.07, 6.45) is 1.69. The fourth-order valence-electron chi connectivity index (χ4n) is 2.31. The molecule has 1 amide bonds. The number of nitro benzene ring substituents is 1. The van der Waals surface area contributed by atoms with Crippen LogP contribution < -0.4 is 11.1 Å². The van der Waals surface area contributed by atoms with Crippen LogP contribution in [0.2, 0.25) is 0 Å². The van der Waals surface area contributed by atoms with Crippen molar-refractivity contribution in [2.75, 3.05) is 5.32 Å². The second kappa shape index (κ2) is 7.65. The first-order valence-corrected chi connectivity index (χ1v) is 7.90. The number of rotatable bonds is 6. The third kappa shape index (κ3) is 4.00. The van der Waals surface area contributed by atoms with Crippen LogP contribution in [-0.2, 0) is 20.9 Å². The molecule has 144 valence electrons. The molecule has 2 heterocycles. The van der Waals surface area contributed by atoms with E-state index >= 15 is 0 Å². The maximum Gasteiger partial charge on any atom is 0.420 e. The average Bonchev–Trinajstić information content (AvgIpc) is 2.97. The Hall–Kier alpha value is -4.09. The van der Waals surface area contributed by atoms with Crippen LogP contribution in [0, 0.1) is 10.1 Å². The van der Waals surface area contributed by atoms with Crippen LogP contribution in [0.25, 0.3) is 11.1 Å².